The van der Waals surface area contributed by atoms with Crippen LogP contribution in [0.5, 0.6) is 0 Å². The molecule has 3 unspecified atom stereocenters. The second-order valence-corrected chi connectivity index (χ2v) is 7.38. The zero-order valence-corrected chi connectivity index (χ0v) is 14.4. The molecule has 1 heterocycles. The Bertz CT molecular complexity index is 666. The number of carbonyl (C=O) groups is 1. The molecule has 3 N–H and O–H groups in total. The lowest BCUT2D eigenvalue weighted by Crippen LogP contribution is -2.47. The van der Waals surface area contributed by atoms with Gasteiger partial charge in [-0.05, 0) is 31.0 Å². The number of esters is 1. The van der Waals surface area contributed by atoms with E-state index in [1.165, 1.54) is 24.3 Å². The maximum Gasteiger partial charge on any atom is 0.313 e. The standard InChI is InChI=1S/C15H22FN3O4S/c1-3-12-13(15(20)23-4-2)14(19-18-12)24(21,22)17-9-10-5-7-11(16)8-6-10/h5-8,12-14,17-19H,3-4,9H2,1-2H3. The predicted octanol–water partition coefficient (Wildman–Crippen LogP) is 0.637. The number of sulfonamides is 1. The van der Waals surface area contributed by atoms with Crippen LogP contribution in [0.15, 0.2) is 24.3 Å². The average Bonchev–Trinajstić information content (AvgIpc) is 2.99. The van der Waals surface area contributed by atoms with Crippen LogP contribution in [0, 0.1) is 11.7 Å². The first kappa shape index (κ1) is 18.8. The zero-order chi connectivity index (χ0) is 17.7. The maximum absolute atomic E-state index is 12.9. The summed E-state index contributed by atoms with van der Waals surface area (Å²) in [5, 5.41) is -1.14. The molecule has 0 aliphatic carbocycles. The SMILES string of the molecule is CCOC(=O)C1C(CC)NNC1S(=O)(=O)NCc1ccc(F)cc1. The molecule has 9 heteroatoms. The third kappa shape index (κ3) is 4.29. The van der Waals surface area contributed by atoms with Crippen LogP contribution < -0.4 is 15.6 Å². The van der Waals surface area contributed by atoms with Crippen molar-refractivity contribution in [1.29, 1.82) is 0 Å². The molecule has 1 aromatic rings. The van der Waals surface area contributed by atoms with Crippen LogP contribution in [0.2, 0.25) is 0 Å². The Balaban J connectivity index is 2.11. The molecule has 0 saturated carbocycles. The van der Waals surface area contributed by atoms with Crippen LogP contribution in [0.25, 0.3) is 0 Å². The molecule has 7 nitrogen and oxygen atoms in total. The molecule has 0 spiro atoms. The van der Waals surface area contributed by atoms with Gasteiger partial charge in [0.1, 0.15) is 11.7 Å². The van der Waals surface area contributed by atoms with Crippen LogP contribution in [-0.4, -0.2) is 32.4 Å². The van der Waals surface area contributed by atoms with Gasteiger partial charge >= 0.3 is 5.97 Å². The minimum atomic E-state index is -3.84. The third-order valence-electron chi connectivity index (χ3n) is 3.89. The van der Waals surface area contributed by atoms with E-state index >= 15 is 0 Å². The van der Waals surface area contributed by atoms with Crippen LogP contribution in [0.4, 0.5) is 4.39 Å². The van der Waals surface area contributed by atoms with Crippen molar-refractivity contribution in [2.45, 2.75) is 38.2 Å². The molecule has 0 aromatic heterocycles. The van der Waals surface area contributed by atoms with Gasteiger partial charge < -0.3 is 4.74 Å². The lowest BCUT2D eigenvalue weighted by Gasteiger charge is -2.21. The van der Waals surface area contributed by atoms with Gasteiger partial charge in [0, 0.05) is 12.6 Å². The molecule has 1 aromatic carbocycles. The lowest BCUT2D eigenvalue weighted by molar-refractivity contribution is -0.148. The first-order valence-corrected chi connectivity index (χ1v) is 9.34. The van der Waals surface area contributed by atoms with Crippen LogP contribution >= 0.6 is 0 Å². The highest BCUT2D eigenvalue weighted by Crippen LogP contribution is 2.23. The number of carbonyl (C=O) groups excluding carboxylic acids is 1. The van der Waals surface area contributed by atoms with Crippen LogP contribution in [0.1, 0.15) is 25.8 Å². The molecule has 24 heavy (non-hydrogen) atoms. The Hall–Kier alpha value is -1.55. The van der Waals surface area contributed by atoms with Crippen molar-refractivity contribution in [1.82, 2.24) is 15.6 Å². The minimum absolute atomic E-state index is 0.00707. The van der Waals surface area contributed by atoms with Crippen molar-refractivity contribution in [2.24, 2.45) is 5.92 Å². The normalized spacial score (nSPS) is 24.0. The summed E-state index contributed by atoms with van der Waals surface area (Å²) in [6.45, 7) is 3.71. The van der Waals surface area contributed by atoms with Crippen molar-refractivity contribution in [2.75, 3.05) is 6.61 Å². The number of halogens is 1. The van der Waals surface area contributed by atoms with Gasteiger partial charge in [-0.3, -0.25) is 10.2 Å². The van der Waals surface area contributed by atoms with E-state index in [-0.39, 0.29) is 19.2 Å². The Morgan fingerprint density at radius 2 is 1.92 bits per heavy atom. The summed E-state index contributed by atoms with van der Waals surface area (Å²) in [4.78, 5) is 12.1. The van der Waals surface area contributed by atoms with Gasteiger partial charge in [0.15, 0.2) is 5.37 Å². The monoisotopic (exact) mass is 359 g/mol. The summed E-state index contributed by atoms with van der Waals surface area (Å²) >= 11 is 0. The van der Waals surface area contributed by atoms with Gasteiger partial charge in [0.05, 0.1) is 6.61 Å². The average molecular weight is 359 g/mol. The zero-order valence-electron chi connectivity index (χ0n) is 13.6. The van der Waals surface area contributed by atoms with E-state index in [4.69, 9.17) is 4.74 Å². The Kier molecular flexibility index (Phi) is 6.27. The number of hydrazine groups is 1. The smallest absolute Gasteiger partial charge is 0.313 e. The fourth-order valence-electron chi connectivity index (χ4n) is 2.61. The molecule has 0 bridgehead atoms. The van der Waals surface area contributed by atoms with E-state index in [0.29, 0.717) is 12.0 Å². The number of rotatable bonds is 7. The first-order valence-electron chi connectivity index (χ1n) is 7.79. The van der Waals surface area contributed by atoms with Gasteiger partial charge in [-0.25, -0.2) is 23.0 Å². The molecular formula is C15H22FN3O4S. The predicted molar refractivity (Wildman–Crippen MR) is 86.4 cm³/mol. The molecule has 3 atom stereocenters. The van der Waals surface area contributed by atoms with E-state index in [1.54, 1.807) is 6.92 Å². The van der Waals surface area contributed by atoms with Gasteiger partial charge in [-0.2, -0.15) is 0 Å². The van der Waals surface area contributed by atoms with Crippen LogP contribution in [0.3, 0.4) is 0 Å². The quantitative estimate of drug-likeness (QED) is 0.618. The summed E-state index contributed by atoms with van der Waals surface area (Å²) in [5.74, 6) is -1.80. The van der Waals surface area contributed by atoms with Crippen LogP contribution in [-0.2, 0) is 26.1 Å². The van der Waals surface area contributed by atoms with Crippen molar-refractivity contribution in [3.63, 3.8) is 0 Å². The van der Waals surface area contributed by atoms with Crippen molar-refractivity contribution < 1.29 is 22.3 Å². The lowest BCUT2D eigenvalue weighted by atomic mass is 10.00. The maximum atomic E-state index is 12.9. The summed E-state index contributed by atoms with van der Waals surface area (Å²) in [6.07, 6.45) is 0.570. The fraction of sp³-hybridized carbons (Fsp3) is 0.533. The van der Waals surface area contributed by atoms with Gasteiger partial charge in [-0.1, -0.05) is 19.1 Å². The number of ether oxygens (including phenoxy) is 1. The van der Waals surface area contributed by atoms with Gasteiger partial charge in [-0.15, -0.1) is 0 Å². The molecular weight excluding hydrogens is 337 g/mol. The number of benzene rings is 1. The Labute approximate surface area is 141 Å². The Morgan fingerprint density at radius 3 is 2.50 bits per heavy atom. The molecule has 0 amide bonds. The van der Waals surface area contributed by atoms with Crippen molar-refractivity contribution in [3.8, 4) is 0 Å². The highest BCUT2D eigenvalue weighted by molar-refractivity contribution is 7.90. The molecule has 0 radical (unpaired) electrons. The summed E-state index contributed by atoms with van der Waals surface area (Å²) < 4.78 is 45.5. The number of nitrogens with one attached hydrogen (secondary N) is 3. The van der Waals surface area contributed by atoms with Gasteiger partial charge in [0.2, 0.25) is 10.0 Å². The van der Waals surface area contributed by atoms with Crippen molar-refractivity contribution in [3.05, 3.63) is 35.6 Å². The molecule has 2 rings (SSSR count). The molecule has 1 aliphatic rings. The molecule has 1 saturated heterocycles. The summed E-state index contributed by atoms with van der Waals surface area (Å²) in [7, 11) is -3.84. The van der Waals surface area contributed by atoms with Crippen molar-refractivity contribution >= 4 is 16.0 Å². The fourth-order valence-corrected chi connectivity index (χ4v) is 4.07. The molecule has 1 fully saturated rings. The summed E-state index contributed by atoms with van der Waals surface area (Å²) in [5.41, 5.74) is 6.13. The third-order valence-corrected chi connectivity index (χ3v) is 5.52. The highest BCUT2D eigenvalue weighted by Gasteiger charge is 2.47. The highest BCUT2D eigenvalue weighted by atomic mass is 32.2. The topological polar surface area (TPSA) is 96.5 Å². The minimum Gasteiger partial charge on any atom is -0.466 e. The summed E-state index contributed by atoms with van der Waals surface area (Å²) in [6, 6.07) is 5.17. The molecule has 134 valence electrons. The van der Waals surface area contributed by atoms with E-state index in [0.717, 1.165) is 0 Å². The van der Waals surface area contributed by atoms with E-state index < -0.39 is 33.1 Å². The second-order valence-electron chi connectivity index (χ2n) is 5.49. The second kappa shape index (κ2) is 8.02. The largest absolute Gasteiger partial charge is 0.466 e. The van der Waals surface area contributed by atoms with E-state index in [9.17, 15) is 17.6 Å². The number of hydrogen-bond acceptors (Lipinski definition) is 6. The number of hydrogen-bond donors (Lipinski definition) is 3. The first-order chi connectivity index (χ1) is 11.4. The molecule has 1 aliphatic heterocycles. The van der Waals surface area contributed by atoms with E-state index in [2.05, 4.69) is 15.6 Å². The van der Waals surface area contributed by atoms with E-state index in [1.807, 2.05) is 6.92 Å². The Morgan fingerprint density at radius 1 is 1.25 bits per heavy atom. The van der Waals surface area contributed by atoms with Gasteiger partial charge in [0.25, 0.3) is 0 Å².